The second-order valence-corrected chi connectivity index (χ2v) is 7.21. The largest absolute Gasteiger partial charge is 0.355 e. The fourth-order valence-corrected chi connectivity index (χ4v) is 2.79. The van der Waals surface area contributed by atoms with Crippen molar-refractivity contribution in [2.45, 2.75) is 37.0 Å². The van der Waals surface area contributed by atoms with E-state index in [-0.39, 0.29) is 24.0 Å². The Morgan fingerprint density at radius 3 is 2.39 bits per heavy atom. The number of guanidine groups is 1. The maximum Gasteiger partial charge on any atom is 0.191 e. The molecule has 132 valence electrons. The summed E-state index contributed by atoms with van der Waals surface area (Å²) >= 11 is 1.88. The summed E-state index contributed by atoms with van der Waals surface area (Å²) in [6.45, 7) is 9.43. The summed E-state index contributed by atoms with van der Waals surface area (Å²) in [6, 6.07) is 11.1. The number of nitrogens with one attached hydrogen (secondary N) is 2. The zero-order valence-electron chi connectivity index (χ0n) is 14.9. The van der Waals surface area contributed by atoms with Crippen LogP contribution in [0.2, 0.25) is 0 Å². The first-order valence-corrected chi connectivity index (χ1v) is 8.77. The molecular weight excluding hydrogens is 419 g/mol. The molecule has 4 nitrogen and oxygen atoms in total. The molecule has 0 amide bonds. The molecule has 0 saturated carbocycles. The third-order valence-electron chi connectivity index (χ3n) is 3.50. The molecule has 0 heterocycles. The Hall–Kier alpha value is -0.470. The number of benzene rings is 1. The first kappa shape index (κ1) is 22.5. The molecule has 0 aromatic heterocycles. The Balaban J connectivity index is 0.00000484. The van der Waals surface area contributed by atoms with Crippen LogP contribution >= 0.6 is 35.7 Å². The molecule has 0 spiro atoms. The third-order valence-corrected chi connectivity index (χ3v) is 4.61. The zero-order chi connectivity index (χ0) is 16.4. The van der Waals surface area contributed by atoms with Gasteiger partial charge in [-0.25, -0.2) is 0 Å². The van der Waals surface area contributed by atoms with E-state index in [1.54, 1.807) is 0 Å². The van der Waals surface area contributed by atoms with Crippen molar-refractivity contribution < 1.29 is 0 Å². The Bertz CT molecular complexity index is 439. The first-order valence-electron chi connectivity index (χ1n) is 7.89. The maximum absolute atomic E-state index is 4.28. The highest BCUT2D eigenvalue weighted by Gasteiger charge is 2.06. The Kier molecular flexibility index (Phi) is 12.6. The Morgan fingerprint density at radius 2 is 1.83 bits per heavy atom. The number of halogens is 1. The number of nitrogens with zero attached hydrogens (tertiary/aromatic N) is 2. The monoisotopic (exact) mass is 450 g/mol. The van der Waals surface area contributed by atoms with Crippen molar-refractivity contribution in [3.63, 3.8) is 0 Å². The van der Waals surface area contributed by atoms with Crippen molar-refractivity contribution >= 4 is 41.7 Å². The van der Waals surface area contributed by atoms with E-state index in [9.17, 15) is 0 Å². The second-order valence-electron chi connectivity index (χ2n) is 5.70. The number of likely N-dealkylation sites (N-methyl/N-ethyl adjacent to an activating group) is 1. The number of hydrogen-bond acceptors (Lipinski definition) is 3. The highest BCUT2D eigenvalue weighted by molar-refractivity contribution is 14.0. The molecule has 1 rings (SSSR count). The highest BCUT2D eigenvalue weighted by atomic mass is 127. The zero-order valence-corrected chi connectivity index (χ0v) is 18.0. The van der Waals surface area contributed by atoms with Gasteiger partial charge in [0.05, 0.1) is 0 Å². The SMILES string of the molecule is CN=C(NCCN(C)C(C)C)NCC(C)Sc1ccccc1.I. The predicted octanol–water partition coefficient (Wildman–Crippen LogP) is 3.29. The van der Waals surface area contributed by atoms with Crippen molar-refractivity contribution in [1.29, 1.82) is 0 Å². The number of hydrogen-bond donors (Lipinski definition) is 2. The fourth-order valence-electron chi connectivity index (χ4n) is 1.84. The van der Waals surface area contributed by atoms with E-state index >= 15 is 0 Å². The average Bonchev–Trinajstić information content (AvgIpc) is 2.51. The number of thioether (sulfide) groups is 1. The van der Waals surface area contributed by atoms with Gasteiger partial charge in [0.2, 0.25) is 0 Å². The summed E-state index contributed by atoms with van der Waals surface area (Å²) in [4.78, 5) is 7.89. The quantitative estimate of drug-likeness (QED) is 0.276. The van der Waals surface area contributed by atoms with Crippen LogP contribution in [0.25, 0.3) is 0 Å². The van der Waals surface area contributed by atoms with E-state index in [1.165, 1.54) is 4.90 Å². The van der Waals surface area contributed by atoms with Crippen molar-refractivity contribution in [3.8, 4) is 0 Å². The van der Waals surface area contributed by atoms with Gasteiger partial charge in [0.1, 0.15) is 0 Å². The lowest BCUT2D eigenvalue weighted by Gasteiger charge is -2.22. The van der Waals surface area contributed by atoms with Gasteiger partial charge in [-0.1, -0.05) is 25.1 Å². The average molecular weight is 450 g/mol. The summed E-state index contributed by atoms with van der Waals surface area (Å²) in [7, 11) is 3.96. The summed E-state index contributed by atoms with van der Waals surface area (Å²) in [6.07, 6.45) is 0. The molecule has 2 N–H and O–H groups in total. The van der Waals surface area contributed by atoms with Gasteiger partial charge in [0.25, 0.3) is 0 Å². The van der Waals surface area contributed by atoms with E-state index in [0.29, 0.717) is 11.3 Å². The molecule has 0 fully saturated rings. The third kappa shape index (κ3) is 10.1. The minimum atomic E-state index is 0. The minimum Gasteiger partial charge on any atom is -0.355 e. The molecule has 1 aromatic rings. The van der Waals surface area contributed by atoms with Gasteiger partial charge in [0, 0.05) is 42.9 Å². The maximum atomic E-state index is 4.28. The molecule has 6 heteroatoms. The van der Waals surface area contributed by atoms with Crippen LogP contribution in [0.4, 0.5) is 0 Å². The molecule has 23 heavy (non-hydrogen) atoms. The topological polar surface area (TPSA) is 39.7 Å². The van der Waals surface area contributed by atoms with Crippen LogP contribution in [-0.4, -0.2) is 55.9 Å². The lowest BCUT2D eigenvalue weighted by atomic mass is 10.3. The molecule has 1 atom stereocenters. The first-order chi connectivity index (χ1) is 10.5. The molecule has 0 radical (unpaired) electrons. The lowest BCUT2D eigenvalue weighted by molar-refractivity contribution is 0.278. The van der Waals surface area contributed by atoms with E-state index < -0.39 is 0 Å². The van der Waals surface area contributed by atoms with Crippen LogP contribution in [0, 0.1) is 0 Å². The van der Waals surface area contributed by atoms with Crippen LogP contribution in [0.15, 0.2) is 40.2 Å². The molecule has 0 aliphatic heterocycles. The lowest BCUT2D eigenvalue weighted by Crippen LogP contribution is -2.43. The van der Waals surface area contributed by atoms with Crippen molar-refractivity contribution in [2.75, 3.05) is 33.7 Å². The van der Waals surface area contributed by atoms with E-state index in [1.807, 2.05) is 24.9 Å². The van der Waals surface area contributed by atoms with Crippen LogP contribution in [-0.2, 0) is 0 Å². The van der Waals surface area contributed by atoms with Crippen LogP contribution in [0.5, 0.6) is 0 Å². The molecule has 1 aromatic carbocycles. The molecule has 0 bridgehead atoms. The van der Waals surface area contributed by atoms with Crippen molar-refractivity contribution in [1.82, 2.24) is 15.5 Å². The summed E-state index contributed by atoms with van der Waals surface area (Å²) in [5, 5.41) is 7.24. The smallest absolute Gasteiger partial charge is 0.191 e. The van der Waals surface area contributed by atoms with Gasteiger partial charge >= 0.3 is 0 Å². The molecule has 0 saturated heterocycles. The van der Waals surface area contributed by atoms with Gasteiger partial charge in [-0.15, -0.1) is 35.7 Å². The predicted molar refractivity (Wildman–Crippen MR) is 114 cm³/mol. The van der Waals surface area contributed by atoms with Crippen LogP contribution in [0.1, 0.15) is 20.8 Å². The van der Waals surface area contributed by atoms with E-state index in [0.717, 1.165) is 25.6 Å². The molecule has 0 aliphatic carbocycles. The summed E-state index contributed by atoms with van der Waals surface area (Å²) in [5.74, 6) is 0.873. The van der Waals surface area contributed by atoms with Gasteiger partial charge in [-0.2, -0.15) is 0 Å². The van der Waals surface area contributed by atoms with Crippen molar-refractivity contribution in [3.05, 3.63) is 30.3 Å². The van der Waals surface area contributed by atoms with Gasteiger partial charge < -0.3 is 15.5 Å². The van der Waals surface area contributed by atoms with E-state index in [4.69, 9.17) is 0 Å². The Labute approximate surface area is 162 Å². The number of rotatable bonds is 8. The summed E-state index contributed by atoms with van der Waals surface area (Å²) < 4.78 is 0. The second kappa shape index (κ2) is 12.9. The normalized spacial score (nSPS) is 12.9. The molecule has 1 unspecified atom stereocenters. The highest BCUT2D eigenvalue weighted by Crippen LogP contribution is 2.21. The van der Waals surface area contributed by atoms with Gasteiger partial charge in [-0.3, -0.25) is 4.99 Å². The fraction of sp³-hybridized carbons (Fsp3) is 0.588. The number of aliphatic imine (C=N–C) groups is 1. The van der Waals surface area contributed by atoms with Gasteiger partial charge in [-0.05, 0) is 33.0 Å². The summed E-state index contributed by atoms with van der Waals surface area (Å²) in [5.41, 5.74) is 0. The van der Waals surface area contributed by atoms with Crippen molar-refractivity contribution in [2.24, 2.45) is 4.99 Å². The Morgan fingerprint density at radius 1 is 1.17 bits per heavy atom. The molecular formula is C17H31IN4S. The standard InChI is InChI=1S/C17H30N4S.HI/c1-14(2)21(5)12-11-19-17(18-4)20-13-15(3)22-16-9-7-6-8-10-16;/h6-10,14-15H,11-13H2,1-5H3,(H2,18,19,20);1H. The van der Waals surface area contributed by atoms with Crippen LogP contribution < -0.4 is 10.6 Å². The van der Waals surface area contributed by atoms with Crippen LogP contribution in [0.3, 0.4) is 0 Å². The van der Waals surface area contributed by atoms with Gasteiger partial charge in [0.15, 0.2) is 5.96 Å². The van der Waals surface area contributed by atoms with E-state index in [2.05, 4.69) is 72.6 Å². The molecule has 0 aliphatic rings. The minimum absolute atomic E-state index is 0.